The van der Waals surface area contributed by atoms with Gasteiger partial charge in [0.25, 0.3) is 0 Å². The Labute approximate surface area is 252 Å². The van der Waals surface area contributed by atoms with Crippen LogP contribution in [0.1, 0.15) is 84.5 Å². The van der Waals surface area contributed by atoms with Crippen LogP contribution < -0.4 is 5.32 Å². The number of ether oxygens (including phenoxy) is 1. The highest BCUT2D eigenvalue weighted by Crippen LogP contribution is 2.42. The number of hydrogen-bond donors (Lipinski definition) is 3. The number of carbonyl (C=O) groups excluding carboxylic acids is 2. The predicted molar refractivity (Wildman–Crippen MR) is 169 cm³/mol. The fraction of sp³-hybridized carbons (Fsp3) is 0.562. The van der Waals surface area contributed by atoms with E-state index in [1.807, 2.05) is 0 Å². The van der Waals surface area contributed by atoms with Crippen molar-refractivity contribution in [2.24, 2.45) is 0 Å². The molecule has 2 unspecified atom stereocenters. The summed E-state index contributed by atoms with van der Waals surface area (Å²) in [4.78, 5) is 32.5. The van der Waals surface area contributed by atoms with Crippen LogP contribution in [0.15, 0.2) is 72.9 Å². The van der Waals surface area contributed by atoms with Gasteiger partial charge in [0.1, 0.15) is 12.7 Å². The van der Waals surface area contributed by atoms with Crippen molar-refractivity contribution in [1.29, 1.82) is 0 Å². The lowest BCUT2D eigenvalue weighted by atomic mass is 10.1. The molecule has 0 fully saturated rings. The zero-order valence-corrected chi connectivity index (χ0v) is 26.3. The minimum atomic E-state index is -4.39. The molecule has 9 nitrogen and oxygen atoms in total. The molecular weight excluding hydrogens is 557 g/mol. The summed E-state index contributed by atoms with van der Waals surface area (Å²) >= 11 is 0. The normalized spacial score (nSPS) is 14.7. The number of hydrogen-bond acceptors (Lipinski definition) is 7. The molecule has 0 bridgehead atoms. The topological polar surface area (TPSA) is 131 Å². The first-order chi connectivity index (χ1) is 20.3. The van der Waals surface area contributed by atoms with Crippen LogP contribution in [0, 0.1) is 0 Å². The van der Waals surface area contributed by atoms with Gasteiger partial charge in [-0.25, -0.2) is 4.57 Å². The number of aliphatic hydroxyl groups excluding tert-OH is 1. The Morgan fingerprint density at radius 3 is 1.81 bits per heavy atom. The van der Waals surface area contributed by atoms with Gasteiger partial charge in [-0.05, 0) is 57.8 Å². The van der Waals surface area contributed by atoms with E-state index in [0.717, 1.165) is 57.8 Å². The first kappa shape index (κ1) is 39.5. The molecule has 0 aromatic carbocycles. The van der Waals surface area contributed by atoms with E-state index in [1.54, 1.807) is 6.92 Å². The van der Waals surface area contributed by atoms with Gasteiger partial charge in [-0.1, -0.05) is 86.8 Å². The van der Waals surface area contributed by atoms with Crippen molar-refractivity contribution in [3.05, 3.63) is 72.9 Å². The number of unbranched alkanes of at least 4 members (excludes halogenated alkanes) is 2. The van der Waals surface area contributed by atoms with Gasteiger partial charge < -0.3 is 20.1 Å². The molecule has 10 heteroatoms. The zero-order valence-electron chi connectivity index (χ0n) is 25.4. The monoisotopic (exact) mass is 609 g/mol. The summed E-state index contributed by atoms with van der Waals surface area (Å²) in [6.45, 7) is 2.70. The van der Waals surface area contributed by atoms with Crippen molar-refractivity contribution in [2.45, 2.75) is 90.6 Å². The number of nitrogens with one attached hydrogen (secondary N) is 1. The van der Waals surface area contributed by atoms with E-state index in [0.29, 0.717) is 6.42 Å². The molecule has 0 rings (SSSR count). The van der Waals surface area contributed by atoms with Crippen molar-refractivity contribution in [2.75, 3.05) is 26.4 Å². The van der Waals surface area contributed by atoms with Crippen LogP contribution in [0.2, 0.25) is 0 Å². The molecule has 0 aromatic rings. The van der Waals surface area contributed by atoms with Crippen LogP contribution in [0.3, 0.4) is 0 Å². The lowest BCUT2D eigenvalue weighted by Crippen LogP contribution is -2.27. The molecule has 0 saturated carbocycles. The highest BCUT2D eigenvalue weighted by Gasteiger charge is 2.23. The molecular formula is C32H52NO8P. The standard InChI is InChI=1S/C32H52NO8P/c1-3-5-6-7-8-9-10-11-12-13-14-15-16-17-18-19-20-21-22-23-24-25-31(35)33-26-27-40-42(37,38)41-29-30(34)28-39-32(36)4-2/h5-6,8-9,11-12,14-15,17-18,20-21,30,34H,3-4,7,10,13,16,19,22-29H2,1-2H3,(H,33,35)(H,37,38)/b6-5-,9-8-,12-11-,15-14-,18-17-,21-20-. The molecule has 0 aliphatic rings. The summed E-state index contributed by atoms with van der Waals surface area (Å²) in [5.41, 5.74) is 0. The van der Waals surface area contributed by atoms with E-state index in [1.165, 1.54) is 0 Å². The predicted octanol–water partition coefficient (Wildman–Crippen LogP) is 6.81. The van der Waals surface area contributed by atoms with E-state index < -0.39 is 26.5 Å². The van der Waals surface area contributed by atoms with E-state index in [4.69, 9.17) is 9.26 Å². The van der Waals surface area contributed by atoms with Gasteiger partial charge >= 0.3 is 13.8 Å². The molecule has 0 aliphatic heterocycles. The number of carbonyl (C=O) groups is 2. The van der Waals surface area contributed by atoms with Crippen LogP contribution in [-0.4, -0.2) is 54.3 Å². The summed E-state index contributed by atoms with van der Waals surface area (Å²) < 4.78 is 25.9. The molecule has 3 N–H and O–H groups in total. The molecule has 2 atom stereocenters. The summed E-state index contributed by atoms with van der Waals surface area (Å²) in [6, 6.07) is 0. The van der Waals surface area contributed by atoms with E-state index in [2.05, 4.69) is 89.7 Å². The van der Waals surface area contributed by atoms with Crippen LogP contribution in [0.4, 0.5) is 0 Å². The summed E-state index contributed by atoms with van der Waals surface area (Å²) in [7, 11) is -4.39. The minimum absolute atomic E-state index is 0.0521. The Morgan fingerprint density at radius 1 is 0.762 bits per heavy atom. The number of allylic oxidation sites excluding steroid dienone is 12. The first-order valence-electron chi connectivity index (χ1n) is 14.9. The Hall–Kier alpha value is -2.55. The smallest absolute Gasteiger partial charge is 0.463 e. The second-order valence-electron chi connectivity index (χ2n) is 9.30. The second kappa shape index (κ2) is 28.6. The van der Waals surface area contributed by atoms with Crippen LogP contribution in [0.5, 0.6) is 0 Å². The van der Waals surface area contributed by atoms with Crippen molar-refractivity contribution in [3.8, 4) is 0 Å². The zero-order chi connectivity index (χ0) is 31.2. The van der Waals surface area contributed by atoms with Gasteiger partial charge in [-0.15, -0.1) is 0 Å². The van der Waals surface area contributed by atoms with Crippen molar-refractivity contribution >= 4 is 19.7 Å². The lowest BCUT2D eigenvalue weighted by molar-refractivity contribution is -0.146. The molecule has 0 aromatic heterocycles. The molecule has 1 amide bonds. The van der Waals surface area contributed by atoms with Gasteiger partial charge in [0, 0.05) is 19.4 Å². The van der Waals surface area contributed by atoms with Crippen LogP contribution in [0.25, 0.3) is 0 Å². The number of esters is 1. The molecule has 0 heterocycles. The number of aliphatic hydroxyl groups is 1. The van der Waals surface area contributed by atoms with E-state index >= 15 is 0 Å². The Bertz CT molecular complexity index is 923. The highest BCUT2D eigenvalue weighted by atomic mass is 31.2. The Morgan fingerprint density at radius 2 is 1.29 bits per heavy atom. The third-order valence-electron chi connectivity index (χ3n) is 5.46. The summed E-state index contributed by atoms with van der Waals surface area (Å²) in [6.07, 6.45) is 33.7. The summed E-state index contributed by atoms with van der Waals surface area (Å²) in [5, 5.41) is 12.2. The van der Waals surface area contributed by atoms with Crippen LogP contribution >= 0.6 is 7.82 Å². The summed E-state index contributed by atoms with van der Waals surface area (Å²) in [5.74, 6) is -0.662. The van der Waals surface area contributed by atoms with Gasteiger partial charge in [-0.2, -0.15) is 0 Å². The number of amides is 1. The van der Waals surface area contributed by atoms with Crippen LogP contribution in [-0.2, 0) is 27.9 Å². The molecule has 0 saturated heterocycles. The largest absolute Gasteiger partial charge is 0.472 e. The lowest BCUT2D eigenvalue weighted by Gasteiger charge is -2.15. The Balaban J connectivity index is 3.70. The number of rotatable bonds is 26. The molecule has 0 spiro atoms. The molecule has 238 valence electrons. The molecule has 42 heavy (non-hydrogen) atoms. The number of phosphoric acid groups is 1. The SMILES string of the molecule is CC/C=C\C/C=C\C/C=C\C/C=C\C/C=C\C/C=C\CCCCC(=O)NCCOP(=O)(O)OCC(O)COC(=O)CC. The van der Waals surface area contributed by atoms with Gasteiger partial charge in [0.2, 0.25) is 5.91 Å². The maximum absolute atomic E-state index is 11.9. The van der Waals surface area contributed by atoms with Gasteiger partial charge in [0.15, 0.2) is 0 Å². The van der Waals surface area contributed by atoms with Crippen molar-refractivity contribution in [3.63, 3.8) is 0 Å². The average molecular weight is 610 g/mol. The second-order valence-corrected chi connectivity index (χ2v) is 10.8. The Kier molecular flexibility index (Phi) is 26.8. The maximum atomic E-state index is 11.9. The van der Waals surface area contributed by atoms with Gasteiger partial charge in [0.05, 0.1) is 13.2 Å². The van der Waals surface area contributed by atoms with E-state index in [-0.39, 0.29) is 32.1 Å². The van der Waals surface area contributed by atoms with Crippen molar-refractivity contribution < 1.29 is 37.9 Å². The van der Waals surface area contributed by atoms with Crippen molar-refractivity contribution in [1.82, 2.24) is 5.32 Å². The quantitative estimate of drug-likeness (QED) is 0.0422. The fourth-order valence-corrected chi connectivity index (χ4v) is 3.94. The average Bonchev–Trinajstić information content (AvgIpc) is 2.97. The third kappa shape index (κ3) is 29.0. The maximum Gasteiger partial charge on any atom is 0.472 e. The minimum Gasteiger partial charge on any atom is -0.463 e. The molecule has 0 radical (unpaired) electrons. The first-order valence-corrected chi connectivity index (χ1v) is 16.4. The third-order valence-corrected chi connectivity index (χ3v) is 6.44. The van der Waals surface area contributed by atoms with Gasteiger partial charge in [-0.3, -0.25) is 18.6 Å². The fourth-order valence-electron chi connectivity index (χ4n) is 3.18. The van der Waals surface area contributed by atoms with E-state index in [9.17, 15) is 24.2 Å². The molecule has 0 aliphatic carbocycles. The highest BCUT2D eigenvalue weighted by molar-refractivity contribution is 7.47. The number of phosphoric ester groups is 1.